The topological polar surface area (TPSA) is 0 Å². The van der Waals surface area contributed by atoms with E-state index in [2.05, 4.69) is 115 Å². The van der Waals surface area contributed by atoms with Crippen LogP contribution in [0, 0.1) is 0 Å². The molecule has 0 radical (unpaired) electrons. The van der Waals surface area contributed by atoms with E-state index in [1.807, 2.05) is 3.28 Å². The van der Waals surface area contributed by atoms with Gasteiger partial charge in [-0.15, -0.1) is 0 Å². The molecule has 0 atom stereocenters. The molecule has 2 aliphatic carbocycles. The number of rotatable bonds is 4. The molecule has 0 amide bonds. The molecule has 0 aromatic heterocycles. The van der Waals surface area contributed by atoms with Gasteiger partial charge in [-0.25, -0.2) is 0 Å². The van der Waals surface area contributed by atoms with Crippen molar-refractivity contribution in [3.63, 3.8) is 0 Å². The molecule has 39 heavy (non-hydrogen) atoms. The zero-order valence-corrected chi connectivity index (χ0v) is 26.2. The number of hydrogen-bond acceptors (Lipinski definition) is 0. The SMILES string of the molecule is C1=CC[C]([Zr]([CH]2c3cc(-c4ccccc4)ccc3-c3ccc(-c4ccccc4)cc32)=[Si]2CCCCCCC2)=C1. The minimum absolute atomic E-state index is 0.359. The number of benzene rings is 4. The Morgan fingerprint density at radius 1 is 0.564 bits per heavy atom. The van der Waals surface area contributed by atoms with Gasteiger partial charge in [0.25, 0.3) is 0 Å². The van der Waals surface area contributed by atoms with Gasteiger partial charge in [0.1, 0.15) is 0 Å². The van der Waals surface area contributed by atoms with Gasteiger partial charge in [-0.2, -0.15) is 0 Å². The molecule has 192 valence electrons. The van der Waals surface area contributed by atoms with Gasteiger partial charge in [0.15, 0.2) is 0 Å². The second-order valence-electron chi connectivity index (χ2n) is 11.4. The summed E-state index contributed by atoms with van der Waals surface area (Å²) in [6.07, 6.45) is 15.9. The van der Waals surface area contributed by atoms with Gasteiger partial charge in [-0.05, 0) is 0 Å². The molecule has 0 nitrogen and oxygen atoms in total. The summed E-state index contributed by atoms with van der Waals surface area (Å²) >= 11 is -2.07. The van der Waals surface area contributed by atoms with Crippen molar-refractivity contribution in [3.05, 3.63) is 130 Å². The van der Waals surface area contributed by atoms with Crippen LogP contribution < -0.4 is 0 Å². The molecule has 1 heterocycles. The van der Waals surface area contributed by atoms with E-state index >= 15 is 0 Å². The zero-order valence-electron chi connectivity index (χ0n) is 22.7. The third-order valence-corrected chi connectivity index (χ3v) is 30.1. The maximum atomic E-state index is 2.60. The van der Waals surface area contributed by atoms with Gasteiger partial charge in [0.05, 0.1) is 0 Å². The predicted molar refractivity (Wildman–Crippen MR) is 165 cm³/mol. The molecular formula is C37H36SiZr. The van der Waals surface area contributed by atoms with Crippen LogP contribution in [0.1, 0.15) is 53.3 Å². The average Bonchev–Trinajstić information content (AvgIpc) is 3.62. The van der Waals surface area contributed by atoms with Crippen LogP contribution in [-0.2, 0) is 20.4 Å². The van der Waals surface area contributed by atoms with Crippen molar-refractivity contribution in [1.82, 2.24) is 0 Å². The Morgan fingerprint density at radius 3 is 1.62 bits per heavy atom. The van der Waals surface area contributed by atoms with Crippen LogP contribution in [0.25, 0.3) is 33.4 Å². The summed E-state index contributed by atoms with van der Waals surface area (Å²) in [7, 11) is 0. The summed E-state index contributed by atoms with van der Waals surface area (Å²) in [4.78, 5) is 0. The standard InChI is InChI=1S/C25H17.C7H14Si.C5H5.Zr/c1-3-7-18(8-4-1)20-11-13-24-22(15-20)17-23-16-21(12-14-25(23)24)19-9-5-2-6-10-19;1-2-4-6-8-7-5-3-1;1-2-4-5-3-1;/h1-17H;1-7H2;1-3H,4H2;. The Labute approximate surface area is 241 Å². The average molecular weight is 600 g/mol. The van der Waals surface area contributed by atoms with Crippen LogP contribution in [0.2, 0.25) is 12.1 Å². The number of allylic oxidation sites excluding steroid dienone is 4. The van der Waals surface area contributed by atoms with Crippen LogP contribution in [0.3, 0.4) is 0 Å². The first-order valence-corrected chi connectivity index (χ1v) is 23.1. The van der Waals surface area contributed by atoms with Gasteiger partial charge >= 0.3 is 243 Å². The van der Waals surface area contributed by atoms with Crippen LogP contribution in [0.4, 0.5) is 0 Å². The summed E-state index contributed by atoms with van der Waals surface area (Å²) in [5.74, 6) is 0. The monoisotopic (exact) mass is 598 g/mol. The van der Waals surface area contributed by atoms with Crippen molar-refractivity contribution in [2.24, 2.45) is 0 Å². The van der Waals surface area contributed by atoms with Gasteiger partial charge in [0.2, 0.25) is 0 Å². The van der Waals surface area contributed by atoms with Gasteiger partial charge in [-0.3, -0.25) is 0 Å². The summed E-state index contributed by atoms with van der Waals surface area (Å²) in [5.41, 5.74) is 11.4. The van der Waals surface area contributed by atoms with E-state index in [4.69, 9.17) is 0 Å². The fraction of sp³-hybridized carbons (Fsp3) is 0.243. The summed E-state index contributed by atoms with van der Waals surface area (Å²) in [6.45, 7) is 0. The molecule has 3 aliphatic rings. The first-order chi connectivity index (χ1) is 19.4. The Balaban J connectivity index is 1.45. The van der Waals surface area contributed by atoms with E-state index < -0.39 is 20.4 Å². The molecule has 0 spiro atoms. The third-order valence-electron chi connectivity index (χ3n) is 8.97. The molecule has 1 aliphatic heterocycles. The van der Waals surface area contributed by atoms with Gasteiger partial charge in [0, 0.05) is 0 Å². The van der Waals surface area contributed by atoms with Crippen molar-refractivity contribution < 1.29 is 20.4 Å². The van der Waals surface area contributed by atoms with Crippen molar-refractivity contribution in [1.29, 1.82) is 0 Å². The first-order valence-electron chi connectivity index (χ1n) is 14.8. The Morgan fingerprint density at radius 2 is 1.10 bits per heavy atom. The van der Waals surface area contributed by atoms with E-state index in [1.54, 1.807) is 23.2 Å². The van der Waals surface area contributed by atoms with Crippen LogP contribution >= 0.6 is 0 Å². The molecular weight excluding hydrogens is 564 g/mol. The molecule has 0 unspecified atom stereocenters. The number of fused-ring (bicyclic) bond motifs is 3. The van der Waals surface area contributed by atoms with Crippen molar-refractivity contribution >= 4 is 5.43 Å². The minimum atomic E-state index is -2.07. The summed E-state index contributed by atoms with van der Waals surface area (Å²) in [6, 6.07) is 40.0. The van der Waals surface area contributed by atoms with Gasteiger partial charge < -0.3 is 0 Å². The zero-order chi connectivity index (χ0) is 26.0. The normalized spacial score (nSPS) is 16.8. The van der Waals surface area contributed by atoms with Crippen LogP contribution in [-0.4, -0.2) is 5.43 Å². The Bertz CT molecular complexity index is 1490. The quantitative estimate of drug-likeness (QED) is 0.205. The van der Waals surface area contributed by atoms with E-state index in [0.29, 0.717) is 3.63 Å². The first kappa shape index (κ1) is 25.4. The summed E-state index contributed by atoms with van der Waals surface area (Å²) < 4.78 is 2.54. The van der Waals surface area contributed by atoms with Gasteiger partial charge in [-0.1, -0.05) is 0 Å². The van der Waals surface area contributed by atoms with E-state index in [9.17, 15) is 0 Å². The molecule has 1 saturated heterocycles. The van der Waals surface area contributed by atoms with Crippen LogP contribution in [0.5, 0.6) is 0 Å². The molecule has 0 bridgehead atoms. The third kappa shape index (κ3) is 5.07. The van der Waals surface area contributed by atoms with E-state index in [-0.39, 0.29) is 5.43 Å². The van der Waals surface area contributed by atoms with Crippen molar-refractivity contribution in [3.8, 4) is 33.4 Å². The molecule has 0 saturated carbocycles. The summed E-state index contributed by atoms with van der Waals surface area (Å²) in [5, 5.41) is 0. The number of hydrogen-bond donors (Lipinski definition) is 0. The molecule has 4 aromatic carbocycles. The predicted octanol–water partition coefficient (Wildman–Crippen LogP) is 10.5. The molecule has 7 rings (SSSR count). The van der Waals surface area contributed by atoms with Crippen molar-refractivity contribution in [2.75, 3.05) is 0 Å². The van der Waals surface area contributed by atoms with Crippen molar-refractivity contribution in [2.45, 2.75) is 54.2 Å². The van der Waals surface area contributed by atoms with E-state index in [1.165, 1.54) is 71.9 Å². The Hall–Kier alpha value is -2.54. The second kappa shape index (κ2) is 11.5. The maximum absolute atomic E-state index is 2.60. The Kier molecular flexibility index (Phi) is 7.51. The molecule has 4 aromatic rings. The molecule has 1 fully saturated rings. The molecule has 2 heteroatoms. The van der Waals surface area contributed by atoms with Crippen LogP contribution in [0.15, 0.2) is 119 Å². The fourth-order valence-electron chi connectivity index (χ4n) is 7.06. The molecule has 0 N–H and O–H groups in total. The fourth-order valence-corrected chi connectivity index (χ4v) is 31.1. The second-order valence-corrected chi connectivity index (χ2v) is 27.0. The van der Waals surface area contributed by atoms with E-state index in [0.717, 1.165) is 0 Å².